The van der Waals surface area contributed by atoms with Crippen LogP contribution in [0.25, 0.3) is 0 Å². The molecule has 112 valence electrons. The van der Waals surface area contributed by atoms with Crippen LogP contribution in [0, 0.1) is 0 Å². The van der Waals surface area contributed by atoms with Crippen LogP contribution in [0.3, 0.4) is 0 Å². The molecule has 0 spiro atoms. The number of aryl methyl sites for hydroxylation is 3. The van der Waals surface area contributed by atoms with E-state index in [1.807, 2.05) is 17.9 Å². The number of hydrogen-bond donors (Lipinski definition) is 1. The van der Waals surface area contributed by atoms with Crippen LogP contribution in [-0.4, -0.2) is 9.78 Å². The van der Waals surface area contributed by atoms with Crippen LogP contribution >= 0.6 is 0 Å². The fourth-order valence-electron chi connectivity index (χ4n) is 3.25. The lowest BCUT2D eigenvalue weighted by Crippen LogP contribution is -2.22. The molecule has 0 bridgehead atoms. The maximum absolute atomic E-state index is 4.25. The van der Waals surface area contributed by atoms with Gasteiger partial charge in [0.25, 0.3) is 0 Å². The highest BCUT2D eigenvalue weighted by atomic mass is 15.2. The van der Waals surface area contributed by atoms with Crippen LogP contribution in [0.5, 0.6) is 0 Å². The summed E-state index contributed by atoms with van der Waals surface area (Å²) in [6, 6.07) is 7.69. The largest absolute Gasteiger partial charge is 0.304 e. The Morgan fingerprint density at radius 3 is 2.48 bits per heavy atom. The second-order valence-electron chi connectivity index (χ2n) is 6.29. The molecule has 3 heteroatoms. The zero-order valence-corrected chi connectivity index (χ0v) is 13.3. The molecular formula is C18H25N3. The number of hydrogen-bond acceptors (Lipinski definition) is 2. The van der Waals surface area contributed by atoms with Gasteiger partial charge >= 0.3 is 0 Å². The van der Waals surface area contributed by atoms with E-state index >= 15 is 0 Å². The van der Waals surface area contributed by atoms with E-state index in [4.69, 9.17) is 0 Å². The Morgan fingerprint density at radius 1 is 1.05 bits per heavy atom. The van der Waals surface area contributed by atoms with Gasteiger partial charge in [0.1, 0.15) is 0 Å². The van der Waals surface area contributed by atoms with Crippen LogP contribution in [-0.2, 0) is 19.9 Å². The Hall–Kier alpha value is -1.61. The number of nitrogens with one attached hydrogen (secondary N) is 1. The Kier molecular flexibility index (Phi) is 4.11. The third-order valence-electron chi connectivity index (χ3n) is 4.60. The molecule has 2 unspecified atom stereocenters. The average molecular weight is 283 g/mol. The van der Waals surface area contributed by atoms with E-state index in [0.717, 1.165) is 0 Å². The normalized spacial score (nSPS) is 17.3. The van der Waals surface area contributed by atoms with Crippen LogP contribution in [0.15, 0.2) is 30.6 Å². The Labute approximate surface area is 127 Å². The van der Waals surface area contributed by atoms with Crippen molar-refractivity contribution in [3.63, 3.8) is 0 Å². The predicted octanol–water partition coefficient (Wildman–Crippen LogP) is 3.71. The molecule has 1 aliphatic carbocycles. The SMILES string of the molecule is CC(NC(C)c1cnn(C)c1)c1ccc2c(c1)CCCC2. The molecule has 0 fully saturated rings. The van der Waals surface area contributed by atoms with Crippen molar-refractivity contribution in [2.24, 2.45) is 7.05 Å². The van der Waals surface area contributed by atoms with E-state index in [0.29, 0.717) is 12.1 Å². The number of nitrogens with zero attached hydrogens (tertiary/aromatic N) is 2. The van der Waals surface area contributed by atoms with Gasteiger partial charge in [-0.1, -0.05) is 18.2 Å². The van der Waals surface area contributed by atoms with Crippen molar-refractivity contribution in [1.29, 1.82) is 0 Å². The smallest absolute Gasteiger partial charge is 0.0537 e. The summed E-state index contributed by atoms with van der Waals surface area (Å²) < 4.78 is 1.86. The molecule has 1 heterocycles. The van der Waals surface area contributed by atoms with E-state index < -0.39 is 0 Å². The molecule has 0 saturated heterocycles. The molecule has 21 heavy (non-hydrogen) atoms. The molecule has 0 saturated carbocycles. The van der Waals surface area contributed by atoms with Gasteiger partial charge in [0, 0.05) is 30.9 Å². The summed E-state index contributed by atoms with van der Waals surface area (Å²) in [5, 5.41) is 7.93. The van der Waals surface area contributed by atoms with Crippen molar-refractivity contribution in [2.75, 3.05) is 0 Å². The van der Waals surface area contributed by atoms with Gasteiger partial charge in [0.2, 0.25) is 0 Å². The molecule has 3 rings (SSSR count). The second kappa shape index (κ2) is 6.02. The minimum Gasteiger partial charge on any atom is -0.304 e. The van der Waals surface area contributed by atoms with Crippen LogP contribution in [0.1, 0.15) is 61.0 Å². The zero-order valence-electron chi connectivity index (χ0n) is 13.3. The zero-order chi connectivity index (χ0) is 14.8. The molecule has 2 aromatic rings. The van der Waals surface area contributed by atoms with Crippen LogP contribution in [0.4, 0.5) is 0 Å². The van der Waals surface area contributed by atoms with Crippen molar-refractivity contribution in [3.05, 3.63) is 52.8 Å². The van der Waals surface area contributed by atoms with Gasteiger partial charge in [-0.05, 0) is 56.2 Å². The van der Waals surface area contributed by atoms with Crippen LogP contribution < -0.4 is 5.32 Å². The van der Waals surface area contributed by atoms with Gasteiger partial charge < -0.3 is 5.32 Å². The number of fused-ring (bicyclic) bond motifs is 1. The first kappa shape index (κ1) is 14.3. The molecule has 0 radical (unpaired) electrons. The molecule has 1 aromatic carbocycles. The Balaban J connectivity index is 1.71. The predicted molar refractivity (Wildman–Crippen MR) is 86.3 cm³/mol. The number of aromatic nitrogens is 2. The first-order valence-electron chi connectivity index (χ1n) is 8.00. The average Bonchev–Trinajstić information content (AvgIpc) is 2.93. The van der Waals surface area contributed by atoms with Crippen LogP contribution in [0.2, 0.25) is 0 Å². The summed E-state index contributed by atoms with van der Waals surface area (Å²) >= 11 is 0. The maximum Gasteiger partial charge on any atom is 0.0537 e. The summed E-state index contributed by atoms with van der Waals surface area (Å²) in [5.74, 6) is 0. The highest BCUT2D eigenvalue weighted by Gasteiger charge is 2.15. The number of benzene rings is 1. The second-order valence-corrected chi connectivity index (χ2v) is 6.29. The van der Waals surface area contributed by atoms with Gasteiger partial charge in [0.15, 0.2) is 0 Å². The lowest BCUT2D eigenvalue weighted by molar-refractivity contribution is 0.493. The van der Waals surface area contributed by atoms with Crippen molar-refractivity contribution < 1.29 is 0 Å². The standard InChI is InChI=1S/C18H25N3/c1-13(20-14(2)18-11-19-21(3)12-18)16-9-8-15-6-4-5-7-17(15)10-16/h8-14,20H,4-7H2,1-3H3. The van der Waals surface area contributed by atoms with Gasteiger partial charge in [0.05, 0.1) is 6.20 Å². The molecule has 3 nitrogen and oxygen atoms in total. The highest BCUT2D eigenvalue weighted by molar-refractivity contribution is 5.35. The van der Waals surface area contributed by atoms with Crippen molar-refractivity contribution in [3.8, 4) is 0 Å². The summed E-state index contributed by atoms with van der Waals surface area (Å²) in [6.45, 7) is 4.45. The summed E-state index contributed by atoms with van der Waals surface area (Å²) in [7, 11) is 1.96. The minimum absolute atomic E-state index is 0.310. The fraction of sp³-hybridized carbons (Fsp3) is 0.500. The molecule has 0 amide bonds. The molecule has 1 aliphatic rings. The van der Waals surface area contributed by atoms with Gasteiger partial charge in [-0.15, -0.1) is 0 Å². The molecule has 1 N–H and O–H groups in total. The topological polar surface area (TPSA) is 29.9 Å². The van der Waals surface area contributed by atoms with E-state index in [1.54, 1.807) is 11.1 Å². The Bertz CT molecular complexity index is 615. The first-order chi connectivity index (χ1) is 10.1. The lowest BCUT2D eigenvalue weighted by Gasteiger charge is -2.22. The van der Waals surface area contributed by atoms with E-state index in [1.165, 1.54) is 36.8 Å². The maximum atomic E-state index is 4.25. The van der Waals surface area contributed by atoms with E-state index in [9.17, 15) is 0 Å². The summed E-state index contributed by atoms with van der Waals surface area (Å²) in [5.41, 5.74) is 5.74. The summed E-state index contributed by atoms with van der Waals surface area (Å²) in [6.07, 6.45) is 9.20. The third-order valence-corrected chi connectivity index (χ3v) is 4.60. The molecule has 0 aliphatic heterocycles. The molecular weight excluding hydrogens is 258 g/mol. The van der Waals surface area contributed by atoms with Gasteiger partial charge in [-0.2, -0.15) is 5.10 Å². The molecule has 2 atom stereocenters. The molecule has 1 aromatic heterocycles. The first-order valence-corrected chi connectivity index (χ1v) is 8.00. The number of rotatable bonds is 4. The van der Waals surface area contributed by atoms with Gasteiger partial charge in [-0.25, -0.2) is 0 Å². The Morgan fingerprint density at radius 2 is 1.76 bits per heavy atom. The van der Waals surface area contributed by atoms with Gasteiger partial charge in [-0.3, -0.25) is 4.68 Å². The van der Waals surface area contributed by atoms with Crippen molar-refractivity contribution >= 4 is 0 Å². The highest BCUT2D eigenvalue weighted by Crippen LogP contribution is 2.26. The fourth-order valence-corrected chi connectivity index (χ4v) is 3.25. The minimum atomic E-state index is 0.310. The monoisotopic (exact) mass is 283 g/mol. The quantitative estimate of drug-likeness (QED) is 0.927. The van der Waals surface area contributed by atoms with Crippen molar-refractivity contribution in [1.82, 2.24) is 15.1 Å². The van der Waals surface area contributed by atoms with E-state index in [2.05, 4.69) is 48.7 Å². The third kappa shape index (κ3) is 3.18. The van der Waals surface area contributed by atoms with E-state index in [-0.39, 0.29) is 0 Å². The lowest BCUT2D eigenvalue weighted by atomic mass is 9.89. The summed E-state index contributed by atoms with van der Waals surface area (Å²) in [4.78, 5) is 0. The van der Waals surface area contributed by atoms with Crippen molar-refractivity contribution in [2.45, 2.75) is 51.6 Å².